The Hall–Kier alpha value is -1.18. The first-order chi connectivity index (χ1) is 8.29. The third kappa shape index (κ3) is 3.39. The van der Waals surface area contributed by atoms with E-state index >= 15 is 0 Å². The number of unbranched alkanes of at least 4 members (excludes halogenated alkanes) is 3. The van der Waals surface area contributed by atoms with Gasteiger partial charge in [0.1, 0.15) is 12.7 Å². The zero-order valence-electron chi connectivity index (χ0n) is 10.9. The highest BCUT2D eigenvalue weighted by molar-refractivity contribution is 5.44. The second-order valence-electron chi connectivity index (χ2n) is 4.83. The summed E-state index contributed by atoms with van der Waals surface area (Å²) in [4.78, 5) is 0. The van der Waals surface area contributed by atoms with Gasteiger partial charge >= 0.3 is 0 Å². The van der Waals surface area contributed by atoms with Crippen LogP contribution in [0.25, 0.3) is 0 Å². The molecule has 0 radical (unpaired) electrons. The van der Waals surface area contributed by atoms with Crippen LogP contribution in [0.1, 0.15) is 45.1 Å². The third-order valence-corrected chi connectivity index (χ3v) is 3.13. The summed E-state index contributed by atoms with van der Waals surface area (Å²) in [7, 11) is 0. The van der Waals surface area contributed by atoms with E-state index < -0.39 is 0 Å². The minimum atomic E-state index is 0.165. The first-order valence-electron chi connectivity index (χ1n) is 6.72. The van der Waals surface area contributed by atoms with Crippen LogP contribution in [-0.2, 0) is 6.42 Å². The van der Waals surface area contributed by atoms with Crippen LogP contribution in [0.3, 0.4) is 0 Å². The molecule has 0 fully saturated rings. The van der Waals surface area contributed by atoms with Crippen molar-refractivity contribution in [3.05, 3.63) is 23.8 Å². The molecule has 1 atom stereocenters. The van der Waals surface area contributed by atoms with Crippen LogP contribution in [-0.4, -0.2) is 12.7 Å². The Morgan fingerprint density at radius 1 is 1.18 bits per heavy atom. The first kappa shape index (κ1) is 12.3. The zero-order valence-corrected chi connectivity index (χ0v) is 10.9. The minimum Gasteiger partial charge on any atom is -0.486 e. The summed E-state index contributed by atoms with van der Waals surface area (Å²) in [5, 5.41) is 0. The lowest BCUT2D eigenvalue weighted by molar-refractivity contribution is 0.104. The highest BCUT2D eigenvalue weighted by Crippen LogP contribution is 2.32. The molecule has 0 saturated carbocycles. The molecule has 1 aromatic carbocycles. The summed E-state index contributed by atoms with van der Waals surface area (Å²) < 4.78 is 11.4. The average Bonchev–Trinajstić information content (AvgIpc) is 2.34. The molecule has 0 amide bonds. The van der Waals surface area contributed by atoms with Crippen molar-refractivity contribution in [1.82, 2.24) is 0 Å². The van der Waals surface area contributed by atoms with E-state index in [1.54, 1.807) is 0 Å². The van der Waals surface area contributed by atoms with Gasteiger partial charge in [-0.3, -0.25) is 0 Å². The van der Waals surface area contributed by atoms with Gasteiger partial charge in [0, 0.05) is 0 Å². The zero-order chi connectivity index (χ0) is 12.1. The maximum Gasteiger partial charge on any atom is 0.162 e. The monoisotopic (exact) mass is 234 g/mol. The lowest BCUT2D eigenvalue weighted by Gasteiger charge is -2.24. The number of rotatable bonds is 5. The topological polar surface area (TPSA) is 18.5 Å². The van der Waals surface area contributed by atoms with Crippen LogP contribution in [0, 0.1) is 0 Å². The molecule has 2 nitrogen and oxygen atoms in total. The number of aryl methyl sites for hydroxylation is 1. The number of fused-ring (bicyclic) bond motifs is 1. The molecule has 1 aromatic rings. The molecule has 17 heavy (non-hydrogen) atoms. The summed E-state index contributed by atoms with van der Waals surface area (Å²) in [6.07, 6.45) is 6.52. The normalized spacial score (nSPS) is 18.1. The van der Waals surface area contributed by atoms with Crippen molar-refractivity contribution in [3.63, 3.8) is 0 Å². The average molecular weight is 234 g/mol. The Kier molecular flexibility index (Phi) is 4.29. The van der Waals surface area contributed by atoms with E-state index in [1.165, 1.54) is 31.2 Å². The molecule has 1 heterocycles. The lowest BCUT2D eigenvalue weighted by atomic mass is 10.1. The molecule has 2 heteroatoms. The summed E-state index contributed by atoms with van der Waals surface area (Å²) in [5.74, 6) is 1.80. The second-order valence-corrected chi connectivity index (χ2v) is 4.83. The van der Waals surface area contributed by atoms with Crippen LogP contribution in [0.4, 0.5) is 0 Å². The van der Waals surface area contributed by atoms with E-state index in [2.05, 4.69) is 19.1 Å². The molecular formula is C15H22O2. The van der Waals surface area contributed by atoms with Gasteiger partial charge in [-0.15, -0.1) is 0 Å². The fraction of sp³-hybridized carbons (Fsp3) is 0.600. The van der Waals surface area contributed by atoms with E-state index in [0.717, 1.165) is 17.9 Å². The Morgan fingerprint density at radius 2 is 2.06 bits per heavy atom. The SMILES string of the molecule is CCCCCCc1ccc2c(c1)OC(C)CO2. The van der Waals surface area contributed by atoms with Crippen molar-refractivity contribution in [1.29, 1.82) is 0 Å². The third-order valence-electron chi connectivity index (χ3n) is 3.13. The molecule has 0 bridgehead atoms. The summed E-state index contributed by atoms with van der Waals surface area (Å²) in [6.45, 7) is 4.94. The maximum absolute atomic E-state index is 5.77. The van der Waals surface area contributed by atoms with Gasteiger partial charge in [0.25, 0.3) is 0 Å². The molecular weight excluding hydrogens is 212 g/mol. The highest BCUT2D eigenvalue weighted by atomic mass is 16.6. The Morgan fingerprint density at radius 3 is 2.88 bits per heavy atom. The van der Waals surface area contributed by atoms with E-state index in [9.17, 15) is 0 Å². The van der Waals surface area contributed by atoms with Gasteiger partial charge in [0.2, 0.25) is 0 Å². The summed E-state index contributed by atoms with van der Waals surface area (Å²) >= 11 is 0. The van der Waals surface area contributed by atoms with Crippen molar-refractivity contribution >= 4 is 0 Å². The molecule has 0 saturated heterocycles. The second kappa shape index (κ2) is 5.95. The fourth-order valence-electron chi connectivity index (χ4n) is 2.13. The van der Waals surface area contributed by atoms with Crippen LogP contribution in [0.5, 0.6) is 11.5 Å². The molecule has 94 valence electrons. The summed E-state index contributed by atoms with van der Waals surface area (Å²) in [5.41, 5.74) is 1.36. The Balaban J connectivity index is 1.93. The summed E-state index contributed by atoms with van der Waals surface area (Å²) in [6, 6.07) is 6.33. The molecule has 1 aliphatic heterocycles. The first-order valence-corrected chi connectivity index (χ1v) is 6.72. The van der Waals surface area contributed by atoms with E-state index in [-0.39, 0.29) is 6.10 Å². The van der Waals surface area contributed by atoms with E-state index in [0.29, 0.717) is 6.61 Å². The van der Waals surface area contributed by atoms with Crippen LogP contribution < -0.4 is 9.47 Å². The number of benzene rings is 1. The lowest BCUT2D eigenvalue weighted by Crippen LogP contribution is -2.25. The minimum absolute atomic E-state index is 0.165. The Bertz CT molecular complexity index is 360. The van der Waals surface area contributed by atoms with Crippen LogP contribution in [0.2, 0.25) is 0 Å². The molecule has 1 aliphatic rings. The van der Waals surface area contributed by atoms with Gasteiger partial charge in [-0.25, -0.2) is 0 Å². The molecule has 2 rings (SSSR count). The van der Waals surface area contributed by atoms with Gasteiger partial charge in [0.15, 0.2) is 11.5 Å². The van der Waals surface area contributed by atoms with Crippen molar-refractivity contribution in [2.75, 3.05) is 6.61 Å². The maximum atomic E-state index is 5.77. The van der Waals surface area contributed by atoms with Gasteiger partial charge in [-0.2, -0.15) is 0 Å². The molecule has 0 spiro atoms. The van der Waals surface area contributed by atoms with Crippen molar-refractivity contribution in [3.8, 4) is 11.5 Å². The van der Waals surface area contributed by atoms with Gasteiger partial charge in [-0.05, 0) is 37.5 Å². The predicted molar refractivity (Wildman–Crippen MR) is 69.9 cm³/mol. The van der Waals surface area contributed by atoms with E-state index in [1.807, 2.05) is 13.0 Å². The fourth-order valence-corrected chi connectivity index (χ4v) is 2.13. The number of ether oxygens (including phenoxy) is 2. The Labute approximate surface area is 104 Å². The van der Waals surface area contributed by atoms with Gasteiger partial charge in [-0.1, -0.05) is 32.3 Å². The quantitative estimate of drug-likeness (QED) is 0.718. The highest BCUT2D eigenvalue weighted by Gasteiger charge is 2.16. The number of hydrogen-bond acceptors (Lipinski definition) is 2. The molecule has 1 unspecified atom stereocenters. The van der Waals surface area contributed by atoms with Crippen molar-refractivity contribution < 1.29 is 9.47 Å². The molecule has 0 aliphatic carbocycles. The van der Waals surface area contributed by atoms with Crippen molar-refractivity contribution in [2.45, 2.75) is 52.1 Å². The van der Waals surface area contributed by atoms with E-state index in [4.69, 9.17) is 9.47 Å². The van der Waals surface area contributed by atoms with Crippen LogP contribution >= 0.6 is 0 Å². The predicted octanol–water partition coefficient (Wildman–Crippen LogP) is 3.97. The molecule has 0 N–H and O–H groups in total. The number of hydrogen-bond donors (Lipinski definition) is 0. The smallest absolute Gasteiger partial charge is 0.162 e. The van der Waals surface area contributed by atoms with Crippen molar-refractivity contribution in [2.24, 2.45) is 0 Å². The standard InChI is InChI=1S/C15H22O2/c1-3-4-5-6-7-13-8-9-14-15(10-13)17-12(2)11-16-14/h8-10,12H,3-7,11H2,1-2H3. The molecule has 0 aromatic heterocycles. The van der Waals surface area contributed by atoms with Crippen LogP contribution in [0.15, 0.2) is 18.2 Å². The largest absolute Gasteiger partial charge is 0.486 e. The van der Waals surface area contributed by atoms with Gasteiger partial charge < -0.3 is 9.47 Å². The van der Waals surface area contributed by atoms with Gasteiger partial charge in [0.05, 0.1) is 0 Å².